The van der Waals surface area contributed by atoms with Crippen molar-refractivity contribution in [2.24, 2.45) is 40.3 Å². The van der Waals surface area contributed by atoms with Crippen molar-refractivity contribution in [2.45, 2.75) is 92.6 Å². The summed E-state index contributed by atoms with van der Waals surface area (Å²) in [6.07, 6.45) is 8.10. The Hall–Kier alpha value is -0.770. The van der Waals surface area contributed by atoms with Crippen LogP contribution in [0.25, 0.3) is 0 Å². The molecule has 0 aromatic carbocycles. The summed E-state index contributed by atoms with van der Waals surface area (Å²) in [5.41, 5.74) is 2.81. The monoisotopic (exact) mass is 352 g/mol. The molecule has 0 spiro atoms. The van der Waals surface area contributed by atoms with E-state index in [1.54, 1.807) is 0 Å². The van der Waals surface area contributed by atoms with Crippen molar-refractivity contribution in [3.05, 3.63) is 0 Å². The summed E-state index contributed by atoms with van der Waals surface area (Å²) in [7, 11) is 0. The second-order valence-corrected chi connectivity index (χ2v) is 9.78. The van der Waals surface area contributed by atoms with Crippen LogP contribution in [0.3, 0.4) is 0 Å². The van der Waals surface area contributed by atoms with Gasteiger partial charge in [0, 0.05) is 0 Å². The van der Waals surface area contributed by atoms with Crippen LogP contribution in [0.5, 0.6) is 0 Å². The number of hydrazine groups is 1. The maximum Gasteiger partial charge on any atom is 0.421 e. The molecular formula is C21H40N2O2. The maximum atomic E-state index is 11.8. The molecule has 2 rings (SSSR count). The highest BCUT2D eigenvalue weighted by molar-refractivity contribution is 5.66. The van der Waals surface area contributed by atoms with Crippen LogP contribution in [0.1, 0.15) is 86.5 Å². The van der Waals surface area contributed by atoms with Gasteiger partial charge in [-0.15, -0.1) is 0 Å². The van der Waals surface area contributed by atoms with Crippen molar-refractivity contribution in [1.29, 1.82) is 0 Å². The smallest absolute Gasteiger partial charge is 0.421 e. The van der Waals surface area contributed by atoms with E-state index in [9.17, 15) is 4.79 Å². The van der Waals surface area contributed by atoms with E-state index in [1.165, 1.54) is 38.5 Å². The van der Waals surface area contributed by atoms with E-state index < -0.39 is 6.09 Å². The van der Waals surface area contributed by atoms with Crippen LogP contribution >= 0.6 is 0 Å². The van der Waals surface area contributed by atoms with Gasteiger partial charge in [-0.1, -0.05) is 60.8 Å². The molecule has 0 bridgehead atoms. The SMILES string of the molecule is CC[C@@H](C)CC[C@H]1[C@@H](C)[C@@H](OC(=O)NN)C[C@H]2C(C)(C)CCC[C@]12C. The van der Waals surface area contributed by atoms with E-state index in [1.807, 2.05) is 0 Å². The van der Waals surface area contributed by atoms with Crippen molar-refractivity contribution in [3.8, 4) is 0 Å². The Balaban J connectivity index is 2.28. The first kappa shape index (κ1) is 20.5. The third-order valence-electron chi connectivity index (χ3n) is 7.86. The predicted molar refractivity (Wildman–Crippen MR) is 103 cm³/mol. The molecule has 0 heterocycles. The molecule has 25 heavy (non-hydrogen) atoms. The second kappa shape index (κ2) is 7.85. The van der Waals surface area contributed by atoms with Gasteiger partial charge >= 0.3 is 6.09 Å². The average molecular weight is 353 g/mol. The van der Waals surface area contributed by atoms with E-state index in [2.05, 4.69) is 47.0 Å². The molecule has 0 aromatic heterocycles. The summed E-state index contributed by atoms with van der Waals surface area (Å²) >= 11 is 0. The number of hydrogen-bond donors (Lipinski definition) is 2. The van der Waals surface area contributed by atoms with Crippen LogP contribution in [-0.2, 0) is 4.74 Å². The number of nitrogens with one attached hydrogen (secondary N) is 1. The zero-order chi connectivity index (χ0) is 18.8. The number of hydrogen-bond acceptors (Lipinski definition) is 3. The van der Waals surface area contributed by atoms with Gasteiger partial charge in [-0.2, -0.15) is 0 Å². The molecular weight excluding hydrogens is 312 g/mol. The number of rotatable bonds is 5. The third kappa shape index (κ3) is 4.15. The van der Waals surface area contributed by atoms with E-state index >= 15 is 0 Å². The fourth-order valence-electron chi connectivity index (χ4n) is 6.09. The minimum Gasteiger partial charge on any atom is -0.445 e. The Kier molecular flexibility index (Phi) is 6.45. The Morgan fingerprint density at radius 1 is 1.32 bits per heavy atom. The number of nitrogens with two attached hydrogens (primary N) is 1. The molecule has 0 aliphatic heterocycles. The third-order valence-corrected chi connectivity index (χ3v) is 7.86. The van der Waals surface area contributed by atoms with E-state index in [-0.39, 0.29) is 6.10 Å². The molecule has 1 amide bonds. The lowest BCUT2D eigenvalue weighted by Gasteiger charge is -2.60. The molecule has 146 valence electrons. The van der Waals surface area contributed by atoms with Gasteiger partial charge in [-0.3, -0.25) is 5.43 Å². The van der Waals surface area contributed by atoms with E-state index in [0.29, 0.717) is 28.6 Å². The van der Waals surface area contributed by atoms with Gasteiger partial charge in [0.1, 0.15) is 6.10 Å². The van der Waals surface area contributed by atoms with Gasteiger partial charge in [0.25, 0.3) is 0 Å². The van der Waals surface area contributed by atoms with Gasteiger partial charge in [0.2, 0.25) is 0 Å². The van der Waals surface area contributed by atoms with Crippen LogP contribution in [0, 0.1) is 34.5 Å². The predicted octanol–water partition coefficient (Wildman–Crippen LogP) is 5.27. The van der Waals surface area contributed by atoms with Crippen LogP contribution < -0.4 is 11.3 Å². The normalized spacial score (nSPS) is 38.5. The van der Waals surface area contributed by atoms with Crippen molar-refractivity contribution in [2.75, 3.05) is 0 Å². The minimum absolute atomic E-state index is 0.0269. The Bertz CT molecular complexity index is 465. The summed E-state index contributed by atoms with van der Waals surface area (Å²) < 4.78 is 5.73. The molecule has 0 aromatic rings. The van der Waals surface area contributed by atoms with Gasteiger partial charge in [-0.25, -0.2) is 10.6 Å². The molecule has 2 aliphatic carbocycles. The number of amides is 1. The van der Waals surface area contributed by atoms with Crippen molar-refractivity contribution < 1.29 is 9.53 Å². The molecule has 0 radical (unpaired) electrons. The first-order chi connectivity index (χ1) is 11.7. The number of fused-ring (bicyclic) bond motifs is 1. The number of carbonyl (C=O) groups excluding carboxylic acids is 1. The van der Waals surface area contributed by atoms with Gasteiger partial charge < -0.3 is 4.74 Å². The molecule has 0 saturated heterocycles. The van der Waals surface area contributed by atoms with Gasteiger partial charge in [0.05, 0.1) is 0 Å². The molecule has 4 heteroatoms. The Labute approximate surface area is 154 Å². The van der Waals surface area contributed by atoms with E-state index in [4.69, 9.17) is 10.6 Å². The fraction of sp³-hybridized carbons (Fsp3) is 0.952. The molecule has 6 atom stereocenters. The quantitative estimate of drug-likeness (QED) is 0.402. The van der Waals surface area contributed by atoms with Crippen LogP contribution in [0.15, 0.2) is 0 Å². The van der Waals surface area contributed by atoms with Crippen molar-refractivity contribution in [1.82, 2.24) is 5.43 Å². The first-order valence-electron chi connectivity index (χ1n) is 10.3. The molecule has 4 nitrogen and oxygen atoms in total. The summed E-state index contributed by atoms with van der Waals surface area (Å²) in [6, 6.07) is 0. The zero-order valence-corrected chi connectivity index (χ0v) is 17.2. The van der Waals surface area contributed by atoms with Crippen molar-refractivity contribution in [3.63, 3.8) is 0 Å². The zero-order valence-electron chi connectivity index (χ0n) is 17.2. The molecule has 3 N–H and O–H groups in total. The topological polar surface area (TPSA) is 64.3 Å². The van der Waals surface area contributed by atoms with Crippen LogP contribution in [0.2, 0.25) is 0 Å². The average Bonchev–Trinajstić information content (AvgIpc) is 2.55. The molecule has 2 fully saturated rings. The van der Waals surface area contributed by atoms with Crippen LogP contribution in [-0.4, -0.2) is 12.2 Å². The maximum absolute atomic E-state index is 11.8. The van der Waals surface area contributed by atoms with Gasteiger partial charge in [-0.05, 0) is 60.2 Å². The molecule has 2 aliphatic rings. The van der Waals surface area contributed by atoms with E-state index in [0.717, 1.165) is 12.3 Å². The summed E-state index contributed by atoms with van der Waals surface area (Å²) in [5, 5.41) is 0. The number of ether oxygens (including phenoxy) is 1. The highest BCUT2D eigenvalue weighted by Crippen LogP contribution is 2.62. The summed E-state index contributed by atoms with van der Waals surface area (Å²) in [6.45, 7) is 14.3. The summed E-state index contributed by atoms with van der Waals surface area (Å²) in [5.74, 6) is 7.63. The fourth-order valence-corrected chi connectivity index (χ4v) is 6.09. The second-order valence-electron chi connectivity index (χ2n) is 9.78. The number of carbonyl (C=O) groups is 1. The lowest BCUT2D eigenvalue weighted by Crippen LogP contribution is -2.56. The first-order valence-corrected chi connectivity index (χ1v) is 10.3. The molecule has 2 saturated carbocycles. The highest BCUT2D eigenvalue weighted by atomic mass is 16.6. The standard InChI is InChI=1S/C21H40N2O2/c1-7-14(2)9-10-16-15(3)17(25-19(24)23-22)13-18-20(4,5)11-8-12-21(16,18)6/h14-18H,7-13,22H2,1-6H3,(H,23,24)/t14-,15-,16+,17+,18+,21-/m1/s1. The highest BCUT2D eigenvalue weighted by Gasteiger charge is 2.56. The van der Waals surface area contributed by atoms with Gasteiger partial charge in [0.15, 0.2) is 0 Å². The lowest BCUT2D eigenvalue weighted by atomic mass is 9.45. The summed E-state index contributed by atoms with van der Waals surface area (Å²) in [4.78, 5) is 11.8. The lowest BCUT2D eigenvalue weighted by molar-refractivity contribution is -0.143. The Morgan fingerprint density at radius 3 is 2.60 bits per heavy atom. The van der Waals surface area contributed by atoms with Crippen LogP contribution in [0.4, 0.5) is 4.79 Å². The Morgan fingerprint density at radius 2 is 2.00 bits per heavy atom. The largest absolute Gasteiger partial charge is 0.445 e. The molecule has 0 unspecified atom stereocenters. The minimum atomic E-state index is -0.491. The van der Waals surface area contributed by atoms with Crippen molar-refractivity contribution >= 4 is 6.09 Å².